The quantitative estimate of drug-likeness (QED) is 0.629. The zero-order chi connectivity index (χ0) is 23.0. The summed E-state index contributed by atoms with van der Waals surface area (Å²) in [5.41, 5.74) is 1.39. The van der Waals surface area contributed by atoms with Crippen LogP contribution >= 0.6 is 0 Å². The number of nitrogens with one attached hydrogen (secondary N) is 1. The molecular formula is C26H29N3O4. The molecule has 7 nitrogen and oxygen atoms in total. The van der Waals surface area contributed by atoms with Gasteiger partial charge in [-0.2, -0.15) is 0 Å². The molecule has 3 aromatic rings. The molecule has 0 bridgehead atoms. The van der Waals surface area contributed by atoms with E-state index in [2.05, 4.69) is 5.32 Å². The van der Waals surface area contributed by atoms with Crippen LogP contribution < -0.4 is 10.1 Å². The van der Waals surface area contributed by atoms with Gasteiger partial charge < -0.3 is 24.3 Å². The summed E-state index contributed by atoms with van der Waals surface area (Å²) in [5, 5.41) is 4.02. The summed E-state index contributed by atoms with van der Waals surface area (Å²) in [6, 6.07) is 17.4. The van der Waals surface area contributed by atoms with Gasteiger partial charge in [0, 0.05) is 31.1 Å². The number of amides is 2. The molecule has 2 amide bonds. The third kappa shape index (κ3) is 3.86. The van der Waals surface area contributed by atoms with E-state index in [9.17, 15) is 9.59 Å². The number of benzene rings is 2. The Labute approximate surface area is 193 Å². The fraction of sp³-hybridized carbons (Fsp3) is 0.385. The second-order valence-electron chi connectivity index (χ2n) is 9.04. The maximum atomic E-state index is 13.8. The Balaban J connectivity index is 1.53. The lowest BCUT2D eigenvalue weighted by Crippen LogP contribution is -2.64. The van der Waals surface area contributed by atoms with E-state index in [0.29, 0.717) is 31.1 Å². The number of carbonyl (C=O) groups excluding carboxylic acids is 2. The highest BCUT2D eigenvalue weighted by Crippen LogP contribution is 2.34. The molecule has 0 spiro atoms. The van der Waals surface area contributed by atoms with E-state index in [1.54, 1.807) is 12.0 Å². The van der Waals surface area contributed by atoms with Gasteiger partial charge in [-0.3, -0.25) is 9.59 Å². The average Bonchev–Trinajstić information content (AvgIpc) is 3.48. The first-order valence-corrected chi connectivity index (χ1v) is 11.4. The molecule has 1 saturated heterocycles. The van der Waals surface area contributed by atoms with Crippen LogP contribution in [-0.2, 0) is 22.6 Å². The highest BCUT2D eigenvalue weighted by Gasteiger charge is 2.47. The molecule has 0 saturated carbocycles. The van der Waals surface area contributed by atoms with Gasteiger partial charge >= 0.3 is 0 Å². The van der Waals surface area contributed by atoms with Crippen molar-refractivity contribution in [1.29, 1.82) is 0 Å². The molecular weight excluding hydrogens is 418 g/mol. The minimum Gasteiger partial charge on any atom is -0.497 e. The number of carbonyl (C=O) groups is 2. The van der Waals surface area contributed by atoms with Crippen LogP contribution in [0.3, 0.4) is 0 Å². The van der Waals surface area contributed by atoms with Crippen molar-refractivity contribution in [2.45, 2.75) is 44.5 Å². The maximum absolute atomic E-state index is 13.8. The van der Waals surface area contributed by atoms with Crippen LogP contribution in [0, 0.1) is 0 Å². The van der Waals surface area contributed by atoms with E-state index >= 15 is 0 Å². The highest BCUT2D eigenvalue weighted by molar-refractivity contribution is 6.03. The van der Waals surface area contributed by atoms with Crippen molar-refractivity contribution >= 4 is 22.7 Å². The Kier molecular flexibility index (Phi) is 5.58. The predicted molar refractivity (Wildman–Crippen MR) is 125 cm³/mol. The first kappa shape index (κ1) is 21.5. The number of hydrogen-bond acceptors (Lipinski definition) is 4. The molecule has 1 aromatic heterocycles. The van der Waals surface area contributed by atoms with E-state index < -0.39 is 5.54 Å². The van der Waals surface area contributed by atoms with E-state index in [1.807, 2.05) is 66.1 Å². The molecule has 2 aliphatic rings. The lowest BCUT2D eigenvalue weighted by molar-refractivity contribution is -0.133. The van der Waals surface area contributed by atoms with E-state index in [-0.39, 0.29) is 17.9 Å². The lowest BCUT2D eigenvalue weighted by Gasteiger charge is -2.44. The van der Waals surface area contributed by atoms with Crippen LogP contribution in [0.15, 0.2) is 54.6 Å². The number of aromatic nitrogens is 1. The average molecular weight is 448 g/mol. The zero-order valence-electron chi connectivity index (χ0n) is 19.0. The van der Waals surface area contributed by atoms with E-state index in [0.717, 1.165) is 35.9 Å². The number of nitrogens with zero attached hydrogens (tertiary/aromatic N) is 2. The van der Waals surface area contributed by atoms with E-state index in [1.165, 1.54) is 0 Å². The largest absolute Gasteiger partial charge is 0.497 e. The predicted octanol–water partition coefficient (Wildman–Crippen LogP) is 3.36. The monoisotopic (exact) mass is 447 g/mol. The minimum atomic E-state index is -1.06. The molecule has 0 unspecified atom stereocenters. The van der Waals surface area contributed by atoms with Crippen molar-refractivity contribution in [3.05, 3.63) is 65.9 Å². The van der Waals surface area contributed by atoms with Crippen LogP contribution in [0.5, 0.6) is 5.75 Å². The standard InChI is InChI=1S/C26H29N3O4/c1-26(25(31)27-15-21-9-6-12-33-21)17-28-22-14-20(32-2)11-10-19(22)13-23(28)24(30)29(26)16-18-7-4-3-5-8-18/h3-5,7-8,10-11,13-14,21H,6,9,12,15-17H2,1-2H3,(H,27,31)/t21-,26-/m0/s1. The zero-order valence-corrected chi connectivity index (χ0v) is 19.0. The van der Waals surface area contributed by atoms with Crippen molar-refractivity contribution in [1.82, 2.24) is 14.8 Å². The number of rotatable bonds is 6. The van der Waals surface area contributed by atoms with Gasteiger partial charge in [0.25, 0.3) is 5.91 Å². The fourth-order valence-corrected chi connectivity index (χ4v) is 4.87. The Bertz CT molecular complexity index is 1180. The van der Waals surface area contributed by atoms with Crippen molar-refractivity contribution < 1.29 is 19.1 Å². The third-order valence-corrected chi connectivity index (χ3v) is 6.82. The molecule has 2 aliphatic heterocycles. The van der Waals surface area contributed by atoms with Gasteiger partial charge in [-0.05, 0) is 43.5 Å². The number of fused-ring (bicyclic) bond motifs is 3. The second-order valence-corrected chi connectivity index (χ2v) is 9.04. The normalized spacial score (nSPS) is 22.4. The first-order valence-electron chi connectivity index (χ1n) is 11.4. The topological polar surface area (TPSA) is 72.8 Å². The summed E-state index contributed by atoms with van der Waals surface area (Å²) in [6.07, 6.45) is 1.99. The van der Waals surface area contributed by atoms with Crippen LogP contribution in [0.2, 0.25) is 0 Å². The summed E-state index contributed by atoms with van der Waals surface area (Å²) in [6.45, 7) is 3.75. The lowest BCUT2D eigenvalue weighted by atomic mass is 9.93. The molecule has 33 heavy (non-hydrogen) atoms. The van der Waals surface area contributed by atoms with Crippen molar-refractivity contribution in [3.8, 4) is 5.75 Å². The van der Waals surface area contributed by atoms with Crippen LogP contribution in [0.1, 0.15) is 35.8 Å². The van der Waals surface area contributed by atoms with E-state index in [4.69, 9.17) is 9.47 Å². The van der Waals surface area contributed by atoms with Crippen LogP contribution in [-0.4, -0.2) is 53.2 Å². The van der Waals surface area contributed by atoms with Crippen molar-refractivity contribution in [2.75, 3.05) is 20.3 Å². The second kappa shape index (κ2) is 8.56. The smallest absolute Gasteiger partial charge is 0.271 e. The Hall–Kier alpha value is -3.32. The Morgan fingerprint density at radius 3 is 2.76 bits per heavy atom. The summed E-state index contributed by atoms with van der Waals surface area (Å²) < 4.78 is 13.0. The van der Waals surface area contributed by atoms with Gasteiger partial charge in [0.05, 0.1) is 25.3 Å². The van der Waals surface area contributed by atoms with Gasteiger partial charge in [0.1, 0.15) is 17.0 Å². The number of hydrogen-bond donors (Lipinski definition) is 1. The molecule has 2 aromatic carbocycles. The summed E-state index contributed by atoms with van der Waals surface area (Å²) >= 11 is 0. The van der Waals surface area contributed by atoms with Gasteiger partial charge in [0.15, 0.2) is 0 Å². The minimum absolute atomic E-state index is 0.0339. The van der Waals surface area contributed by atoms with Gasteiger partial charge in [-0.15, -0.1) is 0 Å². The van der Waals surface area contributed by atoms with Gasteiger partial charge in [0.2, 0.25) is 5.91 Å². The maximum Gasteiger partial charge on any atom is 0.271 e. The molecule has 172 valence electrons. The molecule has 0 radical (unpaired) electrons. The first-order chi connectivity index (χ1) is 16.0. The van der Waals surface area contributed by atoms with Gasteiger partial charge in [-0.1, -0.05) is 30.3 Å². The summed E-state index contributed by atoms with van der Waals surface area (Å²) in [5.74, 6) is 0.389. The molecule has 7 heteroatoms. The summed E-state index contributed by atoms with van der Waals surface area (Å²) in [4.78, 5) is 29.1. The fourth-order valence-electron chi connectivity index (χ4n) is 4.87. The molecule has 2 atom stereocenters. The van der Waals surface area contributed by atoms with Gasteiger partial charge in [-0.25, -0.2) is 0 Å². The number of methoxy groups -OCH3 is 1. The SMILES string of the molecule is COc1ccc2cc3n(c2c1)C[C@@](C)(C(=O)NC[C@@H]1CCCO1)N(Cc1ccccc1)C3=O. The number of ether oxygens (including phenoxy) is 2. The molecule has 0 aliphatic carbocycles. The van der Waals surface area contributed by atoms with Crippen molar-refractivity contribution in [2.24, 2.45) is 0 Å². The van der Waals surface area contributed by atoms with Crippen LogP contribution in [0.4, 0.5) is 0 Å². The molecule has 1 N–H and O–H groups in total. The highest BCUT2D eigenvalue weighted by atomic mass is 16.5. The van der Waals surface area contributed by atoms with Crippen molar-refractivity contribution in [3.63, 3.8) is 0 Å². The Morgan fingerprint density at radius 1 is 1.21 bits per heavy atom. The summed E-state index contributed by atoms with van der Waals surface area (Å²) in [7, 11) is 1.62. The molecule has 5 rings (SSSR count). The van der Waals surface area contributed by atoms with Crippen LogP contribution in [0.25, 0.3) is 10.9 Å². The third-order valence-electron chi connectivity index (χ3n) is 6.82. The molecule has 3 heterocycles. The Morgan fingerprint density at radius 2 is 2.03 bits per heavy atom. The molecule has 1 fully saturated rings.